The van der Waals surface area contributed by atoms with E-state index < -0.39 is 0 Å². The number of hydrogen-bond acceptors (Lipinski definition) is 4. The molecule has 112 valence electrons. The summed E-state index contributed by atoms with van der Waals surface area (Å²) in [5.74, 6) is 0. The van der Waals surface area contributed by atoms with Crippen LogP contribution in [0, 0.1) is 0 Å². The molecule has 0 aromatic carbocycles. The smallest absolute Gasteiger partial charge is 0.0223 e. The molecule has 2 fully saturated rings. The Morgan fingerprint density at radius 2 is 2.00 bits per heavy atom. The number of likely N-dealkylation sites (N-methyl/N-ethyl adjacent to an activating group) is 1. The van der Waals surface area contributed by atoms with Crippen molar-refractivity contribution < 1.29 is 0 Å². The predicted octanol–water partition coefficient (Wildman–Crippen LogP) is 0.696. The zero-order valence-corrected chi connectivity index (χ0v) is 13.1. The largest absolute Gasteiger partial charge is 0.314 e. The molecule has 0 spiro atoms. The Balaban J connectivity index is 1.65. The third kappa shape index (κ3) is 4.71. The van der Waals surface area contributed by atoms with Gasteiger partial charge in [-0.25, -0.2) is 0 Å². The van der Waals surface area contributed by atoms with Gasteiger partial charge in [-0.3, -0.25) is 9.80 Å². The van der Waals surface area contributed by atoms with Gasteiger partial charge in [-0.15, -0.1) is 0 Å². The first-order valence-corrected chi connectivity index (χ1v) is 8.00. The number of piperidine rings is 1. The lowest BCUT2D eigenvalue weighted by Crippen LogP contribution is -2.59. The fourth-order valence-corrected chi connectivity index (χ4v) is 3.37. The minimum atomic E-state index is 0.727. The van der Waals surface area contributed by atoms with E-state index in [4.69, 9.17) is 0 Å². The number of hydrogen-bond donors (Lipinski definition) is 1. The van der Waals surface area contributed by atoms with Gasteiger partial charge in [0.05, 0.1) is 0 Å². The molecule has 2 unspecified atom stereocenters. The number of nitrogens with one attached hydrogen (secondary N) is 1. The van der Waals surface area contributed by atoms with Crippen molar-refractivity contribution in [2.75, 3.05) is 59.9 Å². The number of piperazine rings is 1. The predicted molar refractivity (Wildman–Crippen MR) is 81.7 cm³/mol. The highest BCUT2D eigenvalue weighted by Crippen LogP contribution is 2.23. The standard InChI is InChI=1S/C15H32N4/c1-14-12-19-9-5-4-6-15(19)13-18(14)11-8-16-7-10-17(2)3/h14-16H,4-13H2,1-3H3. The first-order valence-electron chi connectivity index (χ1n) is 8.00. The Morgan fingerprint density at radius 3 is 2.79 bits per heavy atom. The van der Waals surface area contributed by atoms with Crippen molar-refractivity contribution in [1.29, 1.82) is 0 Å². The van der Waals surface area contributed by atoms with Gasteiger partial charge in [0.15, 0.2) is 0 Å². The second-order valence-corrected chi connectivity index (χ2v) is 6.54. The van der Waals surface area contributed by atoms with E-state index in [0.29, 0.717) is 0 Å². The van der Waals surface area contributed by atoms with E-state index >= 15 is 0 Å². The molecule has 0 radical (unpaired) electrons. The van der Waals surface area contributed by atoms with Crippen LogP contribution in [0.2, 0.25) is 0 Å². The molecule has 2 atom stereocenters. The number of fused-ring (bicyclic) bond motifs is 1. The SMILES string of the molecule is CC1CN2CCCCC2CN1CCNCCN(C)C. The van der Waals surface area contributed by atoms with Crippen LogP contribution in [-0.4, -0.2) is 86.7 Å². The molecule has 1 N–H and O–H groups in total. The lowest BCUT2D eigenvalue weighted by molar-refractivity contribution is 0.0160. The summed E-state index contributed by atoms with van der Waals surface area (Å²) in [4.78, 5) is 7.65. The molecule has 4 nitrogen and oxygen atoms in total. The Hall–Kier alpha value is -0.160. The Bertz CT molecular complexity index is 257. The molecule has 2 heterocycles. The maximum Gasteiger partial charge on any atom is 0.0223 e. The van der Waals surface area contributed by atoms with E-state index in [-0.39, 0.29) is 0 Å². The number of rotatable bonds is 6. The van der Waals surface area contributed by atoms with E-state index in [2.05, 4.69) is 41.0 Å². The summed E-state index contributed by atoms with van der Waals surface area (Å²) in [7, 11) is 4.26. The van der Waals surface area contributed by atoms with Crippen LogP contribution in [0.3, 0.4) is 0 Å². The first-order chi connectivity index (χ1) is 9.16. The Kier molecular flexibility index (Phi) is 6.07. The molecule has 2 aliphatic heterocycles. The highest BCUT2D eigenvalue weighted by Gasteiger charge is 2.32. The summed E-state index contributed by atoms with van der Waals surface area (Å²) in [6, 6.07) is 1.57. The van der Waals surface area contributed by atoms with E-state index in [1.165, 1.54) is 45.4 Å². The van der Waals surface area contributed by atoms with Crippen molar-refractivity contribution in [3.05, 3.63) is 0 Å². The van der Waals surface area contributed by atoms with Crippen molar-refractivity contribution in [3.8, 4) is 0 Å². The third-order valence-electron chi connectivity index (χ3n) is 4.63. The molecule has 2 rings (SSSR count). The average molecular weight is 268 g/mol. The number of nitrogens with zero attached hydrogens (tertiary/aromatic N) is 3. The Labute approximate surface area is 119 Å². The average Bonchev–Trinajstić information content (AvgIpc) is 2.38. The zero-order valence-electron chi connectivity index (χ0n) is 13.1. The highest BCUT2D eigenvalue weighted by atomic mass is 15.3. The molecule has 2 aliphatic rings. The van der Waals surface area contributed by atoms with Gasteiger partial charge in [0.1, 0.15) is 0 Å². The van der Waals surface area contributed by atoms with E-state index in [1.54, 1.807) is 0 Å². The minimum Gasteiger partial charge on any atom is -0.314 e. The second kappa shape index (κ2) is 7.58. The summed E-state index contributed by atoms with van der Waals surface area (Å²) in [5, 5.41) is 3.56. The van der Waals surface area contributed by atoms with Crippen molar-refractivity contribution in [2.24, 2.45) is 0 Å². The van der Waals surface area contributed by atoms with Crippen LogP contribution < -0.4 is 5.32 Å². The molecule has 2 saturated heterocycles. The molecular formula is C15H32N4. The molecule has 0 saturated carbocycles. The van der Waals surface area contributed by atoms with Gasteiger partial charge in [-0.1, -0.05) is 6.42 Å². The zero-order chi connectivity index (χ0) is 13.7. The summed E-state index contributed by atoms with van der Waals surface area (Å²) in [6.07, 6.45) is 4.26. The maximum atomic E-state index is 3.56. The van der Waals surface area contributed by atoms with Gasteiger partial charge in [0, 0.05) is 51.4 Å². The van der Waals surface area contributed by atoms with Crippen molar-refractivity contribution in [3.63, 3.8) is 0 Å². The lowest BCUT2D eigenvalue weighted by atomic mass is 9.97. The van der Waals surface area contributed by atoms with Gasteiger partial charge in [0.2, 0.25) is 0 Å². The quantitative estimate of drug-likeness (QED) is 0.716. The van der Waals surface area contributed by atoms with Crippen molar-refractivity contribution >= 4 is 0 Å². The normalized spacial score (nSPS) is 29.7. The van der Waals surface area contributed by atoms with Crippen LogP contribution in [0.15, 0.2) is 0 Å². The second-order valence-electron chi connectivity index (χ2n) is 6.54. The van der Waals surface area contributed by atoms with Crippen LogP contribution in [0.4, 0.5) is 0 Å². The van der Waals surface area contributed by atoms with Gasteiger partial charge >= 0.3 is 0 Å². The highest BCUT2D eigenvalue weighted by molar-refractivity contribution is 4.89. The van der Waals surface area contributed by atoms with Gasteiger partial charge < -0.3 is 10.2 Å². The van der Waals surface area contributed by atoms with Crippen LogP contribution in [0.1, 0.15) is 26.2 Å². The topological polar surface area (TPSA) is 21.8 Å². The fourth-order valence-electron chi connectivity index (χ4n) is 3.37. The first kappa shape index (κ1) is 15.2. The molecule has 0 aromatic rings. The molecule has 0 aromatic heterocycles. The summed E-state index contributed by atoms with van der Waals surface area (Å²) in [6.45, 7) is 10.9. The Morgan fingerprint density at radius 1 is 1.16 bits per heavy atom. The maximum absolute atomic E-state index is 3.56. The van der Waals surface area contributed by atoms with Crippen LogP contribution >= 0.6 is 0 Å². The van der Waals surface area contributed by atoms with Crippen molar-refractivity contribution in [1.82, 2.24) is 20.0 Å². The molecule has 0 bridgehead atoms. The van der Waals surface area contributed by atoms with Crippen molar-refractivity contribution in [2.45, 2.75) is 38.3 Å². The fraction of sp³-hybridized carbons (Fsp3) is 1.00. The monoisotopic (exact) mass is 268 g/mol. The lowest BCUT2D eigenvalue weighted by Gasteiger charge is -2.47. The molecular weight excluding hydrogens is 236 g/mol. The third-order valence-corrected chi connectivity index (χ3v) is 4.63. The van der Waals surface area contributed by atoms with Crippen LogP contribution in [-0.2, 0) is 0 Å². The molecule has 0 amide bonds. The van der Waals surface area contributed by atoms with E-state index in [9.17, 15) is 0 Å². The van der Waals surface area contributed by atoms with E-state index in [1.807, 2.05) is 0 Å². The summed E-state index contributed by atoms with van der Waals surface area (Å²) >= 11 is 0. The molecule has 0 aliphatic carbocycles. The van der Waals surface area contributed by atoms with Gasteiger partial charge in [-0.05, 0) is 40.4 Å². The minimum absolute atomic E-state index is 0.727. The van der Waals surface area contributed by atoms with Crippen LogP contribution in [0.25, 0.3) is 0 Å². The van der Waals surface area contributed by atoms with E-state index in [0.717, 1.165) is 31.7 Å². The van der Waals surface area contributed by atoms with Crippen LogP contribution in [0.5, 0.6) is 0 Å². The van der Waals surface area contributed by atoms with Gasteiger partial charge in [-0.2, -0.15) is 0 Å². The summed E-state index contributed by atoms with van der Waals surface area (Å²) < 4.78 is 0. The molecule has 4 heteroatoms. The molecule has 19 heavy (non-hydrogen) atoms. The summed E-state index contributed by atoms with van der Waals surface area (Å²) in [5.41, 5.74) is 0. The van der Waals surface area contributed by atoms with Gasteiger partial charge in [0.25, 0.3) is 0 Å².